The van der Waals surface area contributed by atoms with Gasteiger partial charge in [-0.15, -0.1) is 24.8 Å². The Kier molecular flexibility index (Phi) is 13.3. The molecule has 0 saturated carbocycles. The Morgan fingerprint density at radius 2 is 1.73 bits per heavy atom. The average Bonchev–Trinajstić information content (AvgIpc) is 2.76. The first kappa shape index (κ1) is 29.7. The minimum atomic E-state index is 0. The van der Waals surface area contributed by atoms with Gasteiger partial charge in [0.15, 0.2) is 5.82 Å². The molecule has 0 bridgehead atoms. The van der Waals surface area contributed by atoms with E-state index in [4.69, 9.17) is 21.6 Å². The van der Waals surface area contributed by atoms with Gasteiger partial charge < -0.3 is 10.2 Å². The van der Waals surface area contributed by atoms with Crippen LogP contribution in [0.4, 0.5) is 5.82 Å². The number of halogens is 4. The fourth-order valence-electron chi connectivity index (χ4n) is 3.55. The number of nitrogens with zero attached hydrogens (tertiary/aromatic N) is 3. The van der Waals surface area contributed by atoms with E-state index in [1.807, 2.05) is 42.5 Å². The van der Waals surface area contributed by atoms with Crippen LogP contribution in [0.2, 0.25) is 5.02 Å². The van der Waals surface area contributed by atoms with Crippen molar-refractivity contribution in [1.82, 2.24) is 14.9 Å². The first-order chi connectivity index (χ1) is 15.0. The topological polar surface area (TPSA) is 41.0 Å². The van der Waals surface area contributed by atoms with E-state index in [-0.39, 0.29) is 30.9 Å². The van der Waals surface area contributed by atoms with E-state index in [0.29, 0.717) is 10.8 Å². The lowest BCUT2D eigenvalue weighted by atomic mass is 10.1. The Bertz CT molecular complexity index is 1020. The van der Waals surface area contributed by atoms with E-state index in [2.05, 4.69) is 59.1 Å². The SMILES string of the molecule is CCN(CC)CCCC(C)Nc1nc(/C=C/c2ccc(Br)cc2)nc2cccc(Cl)c12.Cl.Cl. The molecule has 0 saturated heterocycles. The molecule has 180 valence electrons. The van der Waals surface area contributed by atoms with Gasteiger partial charge in [-0.05, 0) is 75.3 Å². The van der Waals surface area contributed by atoms with Crippen LogP contribution in [-0.2, 0) is 0 Å². The standard InChI is InChI=1S/C25H30BrClN4.2ClH/c1-4-31(5-2)17-7-8-18(3)28-25-24-21(27)9-6-10-22(24)29-23(30-25)16-13-19-11-14-20(26)15-12-19;;/h6,9-16,18H,4-5,7-8,17H2,1-3H3,(H,28,29,30);2*1H/b16-13+;;. The van der Waals surface area contributed by atoms with E-state index < -0.39 is 0 Å². The first-order valence-corrected chi connectivity index (χ1v) is 12.1. The van der Waals surface area contributed by atoms with Crippen LogP contribution in [-0.4, -0.2) is 40.5 Å². The number of hydrogen-bond donors (Lipinski definition) is 1. The third-order valence-corrected chi connectivity index (χ3v) is 6.22. The third kappa shape index (κ3) is 8.73. The van der Waals surface area contributed by atoms with Crippen LogP contribution in [0, 0.1) is 0 Å². The molecular formula is C25H32BrCl3N4. The van der Waals surface area contributed by atoms with Crippen molar-refractivity contribution in [2.45, 2.75) is 39.7 Å². The van der Waals surface area contributed by atoms with Gasteiger partial charge >= 0.3 is 0 Å². The van der Waals surface area contributed by atoms with E-state index in [1.165, 1.54) is 0 Å². The highest BCUT2D eigenvalue weighted by molar-refractivity contribution is 9.10. The number of fused-ring (bicyclic) bond motifs is 1. The monoisotopic (exact) mass is 572 g/mol. The van der Waals surface area contributed by atoms with Gasteiger partial charge in [0.25, 0.3) is 0 Å². The molecule has 0 aliphatic rings. The maximum Gasteiger partial charge on any atom is 0.154 e. The van der Waals surface area contributed by atoms with Crippen LogP contribution in [0.5, 0.6) is 0 Å². The highest BCUT2D eigenvalue weighted by atomic mass is 79.9. The molecule has 1 N–H and O–H groups in total. The molecule has 1 unspecified atom stereocenters. The molecule has 0 amide bonds. The molecule has 1 atom stereocenters. The summed E-state index contributed by atoms with van der Waals surface area (Å²) in [5, 5.41) is 5.13. The van der Waals surface area contributed by atoms with E-state index in [0.717, 1.165) is 59.2 Å². The molecule has 0 fully saturated rings. The van der Waals surface area contributed by atoms with Crippen LogP contribution >= 0.6 is 52.3 Å². The second-order valence-corrected chi connectivity index (χ2v) is 8.99. The fourth-order valence-corrected chi connectivity index (χ4v) is 4.07. The lowest BCUT2D eigenvalue weighted by Gasteiger charge is -2.20. The Morgan fingerprint density at radius 3 is 2.39 bits per heavy atom. The maximum absolute atomic E-state index is 6.52. The Morgan fingerprint density at radius 1 is 1.03 bits per heavy atom. The van der Waals surface area contributed by atoms with Crippen molar-refractivity contribution in [3.05, 3.63) is 63.3 Å². The van der Waals surface area contributed by atoms with Gasteiger partial charge in [0.2, 0.25) is 0 Å². The normalized spacial score (nSPS) is 11.9. The molecule has 1 aromatic heterocycles. The largest absolute Gasteiger partial charge is 0.367 e. The Hall–Kier alpha value is -1.37. The molecule has 0 aliphatic carbocycles. The molecular weight excluding hydrogens is 543 g/mol. The van der Waals surface area contributed by atoms with Crippen molar-refractivity contribution >= 4 is 81.2 Å². The average molecular weight is 575 g/mol. The summed E-state index contributed by atoms with van der Waals surface area (Å²) in [5.41, 5.74) is 1.94. The lowest BCUT2D eigenvalue weighted by molar-refractivity contribution is 0.295. The predicted octanol–water partition coefficient (Wildman–Crippen LogP) is 7.98. The van der Waals surface area contributed by atoms with Gasteiger partial charge in [-0.1, -0.05) is 65.7 Å². The molecule has 1 heterocycles. The smallest absolute Gasteiger partial charge is 0.154 e. The molecule has 0 radical (unpaired) electrons. The molecule has 8 heteroatoms. The minimum Gasteiger partial charge on any atom is -0.367 e. The lowest BCUT2D eigenvalue weighted by Crippen LogP contribution is -2.25. The van der Waals surface area contributed by atoms with Crippen molar-refractivity contribution in [2.24, 2.45) is 0 Å². The van der Waals surface area contributed by atoms with Crippen molar-refractivity contribution in [1.29, 1.82) is 0 Å². The van der Waals surface area contributed by atoms with Gasteiger partial charge in [0.1, 0.15) is 5.82 Å². The Balaban J connectivity index is 0.00000272. The van der Waals surface area contributed by atoms with Crippen LogP contribution in [0.1, 0.15) is 45.0 Å². The molecule has 3 aromatic rings. The van der Waals surface area contributed by atoms with Crippen LogP contribution in [0.3, 0.4) is 0 Å². The molecule has 33 heavy (non-hydrogen) atoms. The summed E-state index contributed by atoms with van der Waals surface area (Å²) in [5.74, 6) is 1.46. The number of anilines is 1. The van der Waals surface area contributed by atoms with Crippen LogP contribution in [0.15, 0.2) is 46.9 Å². The molecule has 3 rings (SSSR count). The van der Waals surface area contributed by atoms with Gasteiger partial charge in [-0.2, -0.15) is 0 Å². The van der Waals surface area contributed by atoms with E-state index >= 15 is 0 Å². The van der Waals surface area contributed by atoms with Crippen molar-refractivity contribution < 1.29 is 0 Å². The van der Waals surface area contributed by atoms with Crippen molar-refractivity contribution in [2.75, 3.05) is 25.0 Å². The fraction of sp³-hybridized carbons (Fsp3) is 0.360. The molecule has 4 nitrogen and oxygen atoms in total. The molecule has 2 aromatic carbocycles. The molecule has 0 aliphatic heterocycles. The number of rotatable bonds is 10. The third-order valence-electron chi connectivity index (χ3n) is 5.37. The number of hydrogen-bond acceptors (Lipinski definition) is 4. The zero-order valence-corrected chi connectivity index (χ0v) is 23.2. The second kappa shape index (κ2) is 14.8. The number of benzene rings is 2. The predicted molar refractivity (Wildman–Crippen MR) is 152 cm³/mol. The van der Waals surface area contributed by atoms with E-state index in [1.54, 1.807) is 0 Å². The summed E-state index contributed by atoms with van der Waals surface area (Å²) < 4.78 is 1.06. The minimum absolute atomic E-state index is 0. The van der Waals surface area contributed by atoms with Gasteiger partial charge in [-0.25, -0.2) is 9.97 Å². The second-order valence-electron chi connectivity index (χ2n) is 7.66. The summed E-state index contributed by atoms with van der Waals surface area (Å²) in [6, 6.07) is 14.2. The van der Waals surface area contributed by atoms with Crippen molar-refractivity contribution in [3.8, 4) is 0 Å². The van der Waals surface area contributed by atoms with Gasteiger partial charge in [0.05, 0.1) is 15.9 Å². The van der Waals surface area contributed by atoms with Crippen molar-refractivity contribution in [3.63, 3.8) is 0 Å². The summed E-state index contributed by atoms with van der Waals surface area (Å²) in [6.45, 7) is 9.93. The van der Waals surface area contributed by atoms with Crippen LogP contribution < -0.4 is 5.32 Å². The summed E-state index contributed by atoms with van der Waals surface area (Å²) in [6.07, 6.45) is 6.18. The highest BCUT2D eigenvalue weighted by Gasteiger charge is 2.13. The van der Waals surface area contributed by atoms with Gasteiger partial charge in [-0.3, -0.25) is 0 Å². The highest BCUT2D eigenvalue weighted by Crippen LogP contribution is 2.29. The first-order valence-electron chi connectivity index (χ1n) is 10.9. The Labute approximate surface area is 223 Å². The summed E-state index contributed by atoms with van der Waals surface area (Å²) in [4.78, 5) is 12.0. The van der Waals surface area contributed by atoms with E-state index in [9.17, 15) is 0 Å². The zero-order chi connectivity index (χ0) is 22.2. The summed E-state index contributed by atoms with van der Waals surface area (Å²) >= 11 is 9.99. The summed E-state index contributed by atoms with van der Waals surface area (Å²) in [7, 11) is 0. The number of nitrogens with one attached hydrogen (secondary N) is 1. The van der Waals surface area contributed by atoms with Gasteiger partial charge in [0, 0.05) is 10.5 Å². The quantitative estimate of drug-likeness (QED) is 0.267. The molecule has 0 spiro atoms. The zero-order valence-electron chi connectivity index (χ0n) is 19.2. The number of aromatic nitrogens is 2. The van der Waals surface area contributed by atoms with Crippen LogP contribution in [0.25, 0.3) is 23.1 Å². The maximum atomic E-state index is 6.52.